The van der Waals surface area contributed by atoms with Crippen LogP contribution in [-0.2, 0) is 11.2 Å². The summed E-state index contributed by atoms with van der Waals surface area (Å²) in [7, 11) is 0. The number of fused-ring (bicyclic) bond motifs is 1. The molecule has 116 valence electrons. The molecular formula is C18H15NO3S. The molecule has 0 radical (unpaired) electrons. The van der Waals surface area contributed by atoms with Gasteiger partial charge >= 0.3 is 5.97 Å². The van der Waals surface area contributed by atoms with E-state index in [-0.39, 0.29) is 12.3 Å². The predicted octanol–water partition coefficient (Wildman–Crippen LogP) is 4.17. The number of carbonyl (C=O) groups excluding carboxylic acids is 1. The number of anilines is 1. The maximum Gasteiger partial charge on any atom is 0.303 e. The molecule has 0 atom stereocenters. The molecule has 1 amide bonds. The van der Waals surface area contributed by atoms with Crippen molar-refractivity contribution in [3.05, 3.63) is 65.0 Å². The van der Waals surface area contributed by atoms with E-state index >= 15 is 0 Å². The second-order valence-electron chi connectivity index (χ2n) is 5.18. The van der Waals surface area contributed by atoms with E-state index in [9.17, 15) is 9.59 Å². The fourth-order valence-electron chi connectivity index (χ4n) is 2.32. The van der Waals surface area contributed by atoms with Crippen molar-refractivity contribution in [3.8, 4) is 0 Å². The van der Waals surface area contributed by atoms with Crippen LogP contribution < -0.4 is 5.32 Å². The van der Waals surface area contributed by atoms with Crippen molar-refractivity contribution in [2.24, 2.45) is 0 Å². The van der Waals surface area contributed by atoms with Gasteiger partial charge in [-0.3, -0.25) is 9.59 Å². The Morgan fingerprint density at radius 1 is 1.04 bits per heavy atom. The SMILES string of the molecule is O=C(O)CCc1cc2cc(NC(=O)c3ccccc3)ccc2s1. The lowest BCUT2D eigenvalue weighted by molar-refractivity contribution is -0.136. The van der Waals surface area contributed by atoms with E-state index in [1.165, 1.54) is 0 Å². The minimum atomic E-state index is -0.793. The number of carbonyl (C=O) groups is 2. The summed E-state index contributed by atoms with van der Waals surface area (Å²) in [5, 5.41) is 12.7. The molecule has 3 aromatic rings. The highest BCUT2D eigenvalue weighted by Gasteiger charge is 2.08. The molecule has 0 saturated heterocycles. The van der Waals surface area contributed by atoms with E-state index < -0.39 is 5.97 Å². The van der Waals surface area contributed by atoms with Crippen LogP contribution in [0.1, 0.15) is 21.7 Å². The van der Waals surface area contributed by atoms with E-state index in [0.29, 0.717) is 12.0 Å². The number of amides is 1. The van der Waals surface area contributed by atoms with Gasteiger partial charge in [-0.15, -0.1) is 11.3 Å². The van der Waals surface area contributed by atoms with Gasteiger partial charge in [-0.2, -0.15) is 0 Å². The third-order valence-electron chi connectivity index (χ3n) is 3.45. The molecule has 0 aliphatic carbocycles. The summed E-state index contributed by atoms with van der Waals surface area (Å²) in [5.41, 5.74) is 1.34. The summed E-state index contributed by atoms with van der Waals surface area (Å²) in [5.74, 6) is -0.940. The van der Waals surface area contributed by atoms with E-state index in [4.69, 9.17) is 5.11 Å². The predicted molar refractivity (Wildman–Crippen MR) is 92.2 cm³/mol. The largest absolute Gasteiger partial charge is 0.481 e. The van der Waals surface area contributed by atoms with Gasteiger partial charge in [-0.05, 0) is 48.2 Å². The molecule has 0 unspecified atom stereocenters. The van der Waals surface area contributed by atoms with Crippen molar-refractivity contribution in [1.82, 2.24) is 0 Å². The maximum absolute atomic E-state index is 12.2. The summed E-state index contributed by atoms with van der Waals surface area (Å²) in [6.45, 7) is 0. The minimum absolute atomic E-state index is 0.129. The molecule has 0 bridgehead atoms. The number of carboxylic acid groups (broad SMARTS) is 1. The normalized spacial score (nSPS) is 10.6. The molecule has 0 saturated carbocycles. The molecule has 5 heteroatoms. The number of aliphatic carboxylic acids is 1. The first-order valence-corrected chi connectivity index (χ1v) is 8.04. The lowest BCUT2D eigenvalue weighted by Crippen LogP contribution is -2.11. The van der Waals surface area contributed by atoms with Crippen LogP contribution in [0.2, 0.25) is 0 Å². The smallest absolute Gasteiger partial charge is 0.303 e. The summed E-state index contributed by atoms with van der Waals surface area (Å²) >= 11 is 1.59. The molecule has 3 rings (SSSR count). The average molecular weight is 325 g/mol. The molecule has 4 nitrogen and oxygen atoms in total. The van der Waals surface area contributed by atoms with Crippen LogP contribution in [0.15, 0.2) is 54.6 Å². The van der Waals surface area contributed by atoms with Crippen LogP contribution >= 0.6 is 11.3 Å². The van der Waals surface area contributed by atoms with Gasteiger partial charge in [-0.1, -0.05) is 18.2 Å². The Morgan fingerprint density at radius 2 is 1.83 bits per heavy atom. The van der Waals surface area contributed by atoms with Crippen LogP contribution in [0.3, 0.4) is 0 Å². The first-order chi connectivity index (χ1) is 11.1. The third kappa shape index (κ3) is 3.76. The Hall–Kier alpha value is -2.66. The molecule has 23 heavy (non-hydrogen) atoms. The lowest BCUT2D eigenvalue weighted by Gasteiger charge is -2.05. The highest BCUT2D eigenvalue weighted by molar-refractivity contribution is 7.19. The second-order valence-corrected chi connectivity index (χ2v) is 6.35. The maximum atomic E-state index is 12.2. The minimum Gasteiger partial charge on any atom is -0.481 e. The van der Waals surface area contributed by atoms with Crippen LogP contribution in [0, 0.1) is 0 Å². The summed E-state index contributed by atoms with van der Waals surface area (Å²) in [6.07, 6.45) is 0.658. The van der Waals surface area contributed by atoms with Gasteiger partial charge in [-0.25, -0.2) is 0 Å². The van der Waals surface area contributed by atoms with Gasteiger partial charge in [0.2, 0.25) is 0 Å². The van der Waals surface area contributed by atoms with Gasteiger partial charge in [0.15, 0.2) is 0 Å². The molecule has 1 aromatic heterocycles. The van der Waals surface area contributed by atoms with Crippen LogP contribution in [0.5, 0.6) is 0 Å². The molecule has 0 spiro atoms. The highest BCUT2D eigenvalue weighted by Crippen LogP contribution is 2.29. The van der Waals surface area contributed by atoms with Crippen molar-refractivity contribution >= 4 is 39.0 Å². The lowest BCUT2D eigenvalue weighted by atomic mass is 10.2. The van der Waals surface area contributed by atoms with Crippen molar-refractivity contribution in [2.75, 3.05) is 5.32 Å². The van der Waals surface area contributed by atoms with E-state index in [2.05, 4.69) is 5.32 Å². The second kappa shape index (κ2) is 6.62. The van der Waals surface area contributed by atoms with E-state index in [1.54, 1.807) is 23.5 Å². The molecule has 0 fully saturated rings. The Bertz CT molecular complexity index is 855. The molecule has 0 aliphatic heterocycles. The number of aryl methyl sites for hydroxylation is 1. The Labute approximate surface area is 137 Å². The Balaban J connectivity index is 1.77. The fraction of sp³-hybridized carbons (Fsp3) is 0.111. The van der Waals surface area contributed by atoms with Gasteiger partial charge < -0.3 is 10.4 Å². The fourth-order valence-corrected chi connectivity index (χ4v) is 3.37. The number of nitrogens with one attached hydrogen (secondary N) is 1. The number of carboxylic acids is 1. The van der Waals surface area contributed by atoms with Crippen molar-refractivity contribution < 1.29 is 14.7 Å². The van der Waals surface area contributed by atoms with Crippen LogP contribution in [0.25, 0.3) is 10.1 Å². The van der Waals surface area contributed by atoms with Gasteiger partial charge in [0, 0.05) is 20.8 Å². The summed E-state index contributed by atoms with van der Waals surface area (Å²) in [6, 6.07) is 16.8. The van der Waals surface area contributed by atoms with E-state index in [0.717, 1.165) is 20.7 Å². The monoisotopic (exact) mass is 325 g/mol. The quantitative estimate of drug-likeness (QED) is 0.740. The Kier molecular flexibility index (Phi) is 4.39. The number of benzene rings is 2. The highest BCUT2D eigenvalue weighted by atomic mass is 32.1. The van der Waals surface area contributed by atoms with Crippen molar-refractivity contribution in [3.63, 3.8) is 0 Å². The zero-order valence-electron chi connectivity index (χ0n) is 12.3. The summed E-state index contributed by atoms with van der Waals surface area (Å²) in [4.78, 5) is 23.9. The van der Waals surface area contributed by atoms with Crippen LogP contribution in [-0.4, -0.2) is 17.0 Å². The molecule has 0 aliphatic rings. The molecule has 2 N–H and O–H groups in total. The third-order valence-corrected chi connectivity index (χ3v) is 4.62. The number of hydrogen-bond donors (Lipinski definition) is 2. The van der Waals surface area contributed by atoms with E-state index in [1.807, 2.05) is 42.5 Å². The number of hydrogen-bond acceptors (Lipinski definition) is 3. The standard InChI is InChI=1S/C18H15NO3S/c20-17(21)9-7-15-11-13-10-14(6-8-16(13)23-15)19-18(22)12-4-2-1-3-5-12/h1-6,8,10-11H,7,9H2,(H,19,22)(H,20,21). The van der Waals surface area contributed by atoms with Crippen molar-refractivity contribution in [2.45, 2.75) is 12.8 Å². The van der Waals surface area contributed by atoms with Gasteiger partial charge in [0.25, 0.3) is 5.91 Å². The first-order valence-electron chi connectivity index (χ1n) is 7.22. The van der Waals surface area contributed by atoms with Crippen molar-refractivity contribution in [1.29, 1.82) is 0 Å². The zero-order valence-corrected chi connectivity index (χ0v) is 13.1. The number of thiophene rings is 1. The average Bonchev–Trinajstić information content (AvgIpc) is 2.96. The topological polar surface area (TPSA) is 66.4 Å². The number of rotatable bonds is 5. The van der Waals surface area contributed by atoms with Gasteiger partial charge in [0.05, 0.1) is 6.42 Å². The molecule has 2 aromatic carbocycles. The van der Waals surface area contributed by atoms with Gasteiger partial charge in [0.1, 0.15) is 0 Å². The van der Waals surface area contributed by atoms with Crippen LogP contribution in [0.4, 0.5) is 5.69 Å². The summed E-state index contributed by atoms with van der Waals surface area (Å²) < 4.78 is 1.09. The molecular weight excluding hydrogens is 310 g/mol. The first kappa shape index (κ1) is 15.2. The zero-order chi connectivity index (χ0) is 16.2. The Morgan fingerprint density at radius 3 is 2.57 bits per heavy atom. The molecule has 1 heterocycles.